The second-order valence-electron chi connectivity index (χ2n) is 10.2. The normalized spacial score (nSPS) is 14.2. The van der Waals surface area contributed by atoms with Crippen LogP contribution in [-0.2, 0) is 14.3 Å². The molecule has 0 aliphatic heterocycles. The molecule has 0 fully saturated rings. The Morgan fingerprint density at radius 1 is 1.06 bits per heavy atom. The standard InChI is InChI=1S/C26H43N3O5/c1-10-17(4)21(28-25(33)34-26(7,8)9)24(32)29(13-14-30)22(23(31)27-16(2)3)20-12-11-18(5)19(6)15-20/h11-12,15-17,21-22,30H,10,13-14H2,1-9H3,(H,27,31)(H,28,33). The minimum Gasteiger partial charge on any atom is -0.444 e. The van der Waals surface area contributed by atoms with E-state index in [2.05, 4.69) is 10.6 Å². The molecule has 8 heteroatoms. The lowest BCUT2D eigenvalue weighted by Gasteiger charge is -2.36. The van der Waals surface area contributed by atoms with E-state index < -0.39 is 29.7 Å². The molecule has 0 spiro atoms. The average Bonchev–Trinajstić information content (AvgIpc) is 2.71. The van der Waals surface area contributed by atoms with E-state index in [9.17, 15) is 19.5 Å². The zero-order valence-electron chi connectivity index (χ0n) is 22.2. The third kappa shape index (κ3) is 8.63. The number of alkyl carbamates (subject to hydrolysis) is 1. The number of aliphatic hydroxyl groups excluding tert-OH is 1. The van der Waals surface area contributed by atoms with Crippen molar-refractivity contribution >= 4 is 17.9 Å². The maximum absolute atomic E-state index is 13.9. The summed E-state index contributed by atoms with van der Waals surface area (Å²) in [4.78, 5) is 41.1. The van der Waals surface area contributed by atoms with Gasteiger partial charge < -0.3 is 25.4 Å². The zero-order valence-corrected chi connectivity index (χ0v) is 22.2. The highest BCUT2D eigenvalue weighted by atomic mass is 16.6. The molecule has 3 unspecified atom stereocenters. The van der Waals surface area contributed by atoms with Gasteiger partial charge in [-0.15, -0.1) is 0 Å². The first kappa shape index (κ1) is 29.4. The van der Waals surface area contributed by atoms with Crippen LogP contribution in [0.4, 0.5) is 4.79 Å². The molecule has 0 radical (unpaired) electrons. The molecular weight excluding hydrogens is 434 g/mol. The Labute approximate surface area is 204 Å². The third-order valence-corrected chi connectivity index (χ3v) is 5.61. The fourth-order valence-corrected chi connectivity index (χ4v) is 3.54. The summed E-state index contributed by atoms with van der Waals surface area (Å²) >= 11 is 0. The third-order valence-electron chi connectivity index (χ3n) is 5.61. The number of carbonyl (C=O) groups is 3. The van der Waals surface area contributed by atoms with Gasteiger partial charge in [-0.2, -0.15) is 0 Å². The summed E-state index contributed by atoms with van der Waals surface area (Å²) in [6, 6.07) is 3.59. The van der Waals surface area contributed by atoms with Gasteiger partial charge in [0.05, 0.1) is 6.61 Å². The molecule has 0 aliphatic rings. The number of amides is 3. The van der Waals surface area contributed by atoms with E-state index in [1.54, 1.807) is 20.8 Å². The molecule has 0 heterocycles. The molecule has 1 aromatic carbocycles. The Kier molecular flexibility index (Phi) is 11.0. The van der Waals surface area contributed by atoms with Crippen molar-refractivity contribution < 1.29 is 24.2 Å². The molecule has 34 heavy (non-hydrogen) atoms. The summed E-state index contributed by atoms with van der Waals surface area (Å²) in [6.45, 7) is 16.2. The van der Waals surface area contributed by atoms with Gasteiger partial charge in [0.2, 0.25) is 11.8 Å². The molecule has 0 saturated carbocycles. The van der Waals surface area contributed by atoms with Gasteiger partial charge in [-0.3, -0.25) is 9.59 Å². The Morgan fingerprint density at radius 2 is 1.68 bits per heavy atom. The van der Waals surface area contributed by atoms with Gasteiger partial charge >= 0.3 is 6.09 Å². The molecule has 3 N–H and O–H groups in total. The minimum absolute atomic E-state index is 0.0646. The fraction of sp³-hybridized carbons (Fsp3) is 0.654. The molecule has 192 valence electrons. The average molecular weight is 478 g/mol. The lowest BCUT2D eigenvalue weighted by Crippen LogP contribution is -2.56. The van der Waals surface area contributed by atoms with Crippen molar-refractivity contribution in [2.75, 3.05) is 13.2 Å². The number of nitrogens with zero attached hydrogens (tertiary/aromatic N) is 1. The van der Waals surface area contributed by atoms with E-state index in [0.29, 0.717) is 12.0 Å². The van der Waals surface area contributed by atoms with Crippen molar-refractivity contribution in [2.45, 2.75) is 92.5 Å². The predicted octanol–water partition coefficient (Wildman–Crippen LogP) is 3.63. The first-order valence-corrected chi connectivity index (χ1v) is 12.0. The Bertz CT molecular complexity index is 847. The second kappa shape index (κ2) is 12.7. The largest absolute Gasteiger partial charge is 0.444 e. The quantitative estimate of drug-likeness (QED) is 0.477. The lowest BCUT2D eigenvalue weighted by molar-refractivity contribution is -0.144. The van der Waals surface area contributed by atoms with E-state index in [0.717, 1.165) is 11.1 Å². The van der Waals surface area contributed by atoms with Crippen molar-refractivity contribution in [2.24, 2.45) is 5.92 Å². The summed E-state index contributed by atoms with van der Waals surface area (Å²) in [5, 5.41) is 15.4. The molecule has 3 amide bonds. The molecule has 0 aliphatic carbocycles. The number of rotatable bonds is 10. The van der Waals surface area contributed by atoms with Crippen LogP contribution >= 0.6 is 0 Å². The van der Waals surface area contributed by atoms with Crippen LogP contribution in [0.15, 0.2) is 18.2 Å². The first-order chi connectivity index (χ1) is 15.7. The molecule has 3 atom stereocenters. The number of carbonyl (C=O) groups excluding carboxylic acids is 3. The van der Waals surface area contributed by atoms with E-state index in [-0.39, 0.29) is 31.0 Å². The van der Waals surface area contributed by atoms with Crippen LogP contribution in [0.1, 0.15) is 77.6 Å². The van der Waals surface area contributed by atoms with Crippen LogP contribution in [0.5, 0.6) is 0 Å². The molecule has 1 aromatic rings. The number of nitrogens with one attached hydrogen (secondary N) is 2. The van der Waals surface area contributed by atoms with Crippen molar-refractivity contribution in [3.8, 4) is 0 Å². The summed E-state index contributed by atoms with van der Waals surface area (Å²) in [5.74, 6) is -1.02. The number of hydrogen-bond donors (Lipinski definition) is 3. The highest BCUT2D eigenvalue weighted by Gasteiger charge is 2.38. The summed E-state index contributed by atoms with van der Waals surface area (Å²) in [6.07, 6.45) is -0.0875. The van der Waals surface area contributed by atoms with Crippen LogP contribution in [0, 0.1) is 19.8 Å². The van der Waals surface area contributed by atoms with E-state index in [1.165, 1.54) is 4.90 Å². The van der Waals surface area contributed by atoms with Gasteiger partial charge in [-0.05, 0) is 71.1 Å². The number of hydrogen-bond acceptors (Lipinski definition) is 5. The van der Waals surface area contributed by atoms with Gasteiger partial charge in [0, 0.05) is 12.6 Å². The SMILES string of the molecule is CCC(C)C(NC(=O)OC(C)(C)C)C(=O)N(CCO)C(C(=O)NC(C)C)c1ccc(C)c(C)c1. The Balaban J connectivity index is 3.49. The van der Waals surface area contributed by atoms with Crippen molar-refractivity contribution in [1.82, 2.24) is 15.5 Å². The Morgan fingerprint density at radius 3 is 2.15 bits per heavy atom. The van der Waals surface area contributed by atoms with Crippen LogP contribution < -0.4 is 10.6 Å². The minimum atomic E-state index is -0.964. The van der Waals surface area contributed by atoms with Crippen LogP contribution in [0.3, 0.4) is 0 Å². The van der Waals surface area contributed by atoms with Gasteiger partial charge in [0.25, 0.3) is 0 Å². The van der Waals surface area contributed by atoms with Crippen molar-refractivity contribution in [3.63, 3.8) is 0 Å². The van der Waals surface area contributed by atoms with E-state index in [4.69, 9.17) is 4.74 Å². The van der Waals surface area contributed by atoms with Crippen LogP contribution in [0.25, 0.3) is 0 Å². The topological polar surface area (TPSA) is 108 Å². The number of ether oxygens (including phenoxy) is 1. The smallest absolute Gasteiger partial charge is 0.408 e. The van der Waals surface area contributed by atoms with Crippen LogP contribution in [-0.4, -0.2) is 58.8 Å². The zero-order chi connectivity index (χ0) is 26.2. The monoisotopic (exact) mass is 477 g/mol. The number of aliphatic hydroxyl groups is 1. The van der Waals surface area contributed by atoms with Crippen molar-refractivity contribution in [3.05, 3.63) is 34.9 Å². The number of aryl methyl sites for hydroxylation is 2. The maximum Gasteiger partial charge on any atom is 0.408 e. The second-order valence-corrected chi connectivity index (χ2v) is 10.2. The molecule has 1 rings (SSSR count). The highest BCUT2D eigenvalue weighted by Crippen LogP contribution is 2.26. The van der Waals surface area contributed by atoms with Gasteiger partial charge in [-0.1, -0.05) is 38.5 Å². The van der Waals surface area contributed by atoms with E-state index in [1.807, 2.05) is 59.7 Å². The maximum atomic E-state index is 13.9. The summed E-state index contributed by atoms with van der Waals surface area (Å²) in [5.41, 5.74) is 1.97. The van der Waals surface area contributed by atoms with E-state index >= 15 is 0 Å². The van der Waals surface area contributed by atoms with Crippen LogP contribution in [0.2, 0.25) is 0 Å². The number of benzene rings is 1. The Hall–Kier alpha value is -2.61. The summed E-state index contributed by atoms with van der Waals surface area (Å²) < 4.78 is 5.38. The fourth-order valence-electron chi connectivity index (χ4n) is 3.54. The molecule has 0 aromatic heterocycles. The predicted molar refractivity (Wildman–Crippen MR) is 133 cm³/mol. The molecule has 0 saturated heterocycles. The molecular formula is C26H43N3O5. The highest BCUT2D eigenvalue weighted by molar-refractivity contribution is 5.92. The lowest BCUT2D eigenvalue weighted by atomic mass is 9.94. The molecule has 8 nitrogen and oxygen atoms in total. The first-order valence-electron chi connectivity index (χ1n) is 12.0. The van der Waals surface area contributed by atoms with Crippen molar-refractivity contribution in [1.29, 1.82) is 0 Å². The summed E-state index contributed by atoms with van der Waals surface area (Å²) in [7, 11) is 0. The molecule has 0 bridgehead atoms. The van der Waals surface area contributed by atoms with Gasteiger partial charge in [0.1, 0.15) is 17.7 Å². The van der Waals surface area contributed by atoms with Gasteiger partial charge in [0.15, 0.2) is 0 Å². The van der Waals surface area contributed by atoms with Gasteiger partial charge in [-0.25, -0.2) is 4.79 Å².